The largest absolute Gasteiger partial charge is 0.375 e. The molecule has 0 aliphatic heterocycles. The molecule has 0 spiro atoms. The van der Waals surface area contributed by atoms with Crippen molar-refractivity contribution >= 4 is 0 Å². The molecule has 0 aromatic rings. The van der Waals surface area contributed by atoms with Crippen LogP contribution in [0.15, 0.2) is 0 Å². The van der Waals surface area contributed by atoms with Crippen LogP contribution < -0.4 is 11.5 Å². The van der Waals surface area contributed by atoms with Crippen molar-refractivity contribution in [3.05, 3.63) is 0 Å². The van der Waals surface area contributed by atoms with Gasteiger partial charge in [0.15, 0.2) is 0 Å². The van der Waals surface area contributed by atoms with Crippen molar-refractivity contribution in [2.24, 2.45) is 35.1 Å². The maximum absolute atomic E-state index is 6.65. The molecular formula is C20H40N2O. The average Bonchev–Trinajstić information content (AvgIpc) is 2.57. The highest BCUT2D eigenvalue weighted by atomic mass is 16.5. The second-order valence-electron chi connectivity index (χ2n) is 8.15. The summed E-state index contributed by atoms with van der Waals surface area (Å²) in [5.74, 6) is 2.53. The minimum Gasteiger partial charge on any atom is -0.375 e. The van der Waals surface area contributed by atoms with E-state index in [9.17, 15) is 0 Å². The number of rotatable bonds is 6. The molecule has 0 radical (unpaired) electrons. The predicted molar refractivity (Wildman–Crippen MR) is 98.2 cm³/mol. The number of ether oxygens (including phenoxy) is 1. The molecule has 4 N–H and O–H groups in total. The summed E-state index contributed by atoms with van der Waals surface area (Å²) in [5.41, 5.74) is 12.9. The van der Waals surface area contributed by atoms with Gasteiger partial charge in [0.25, 0.3) is 0 Å². The van der Waals surface area contributed by atoms with Gasteiger partial charge in [0, 0.05) is 12.1 Å². The Labute approximate surface area is 143 Å². The molecule has 0 heterocycles. The maximum atomic E-state index is 6.65. The molecule has 0 saturated heterocycles. The van der Waals surface area contributed by atoms with Crippen LogP contribution >= 0.6 is 0 Å². The van der Waals surface area contributed by atoms with Gasteiger partial charge >= 0.3 is 0 Å². The third-order valence-electron chi connectivity index (χ3n) is 6.92. The van der Waals surface area contributed by atoms with Crippen molar-refractivity contribution in [3.63, 3.8) is 0 Å². The van der Waals surface area contributed by atoms with Gasteiger partial charge in [-0.1, -0.05) is 53.4 Å². The molecule has 23 heavy (non-hydrogen) atoms. The normalized spacial score (nSPS) is 45.1. The third-order valence-corrected chi connectivity index (χ3v) is 6.92. The monoisotopic (exact) mass is 324 g/mol. The van der Waals surface area contributed by atoms with Crippen molar-refractivity contribution in [2.45, 2.75) is 103 Å². The van der Waals surface area contributed by atoms with Gasteiger partial charge in [-0.25, -0.2) is 0 Å². The summed E-state index contributed by atoms with van der Waals surface area (Å²) in [4.78, 5) is 0. The quantitative estimate of drug-likeness (QED) is 0.773. The lowest BCUT2D eigenvalue weighted by atomic mass is 9.72. The molecule has 2 aliphatic rings. The first-order valence-electron chi connectivity index (χ1n) is 10.2. The van der Waals surface area contributed by atoms with E-state index in [4.69, 9.17) is 16.2 Å². The molecule has 136 valence electrons. The van der Waals surface area contributed by atoms with Gasteiger partial charge in [0.2, 0.25) is 0 Å². The number of hydrogen-bond donors (Lipinski definition) is 2. The van der Waals surface area contributed by atoms with Crippen molar-refractivity contribution in [2.75, 3.05) is 0 Å². The maximum Gasteiger partial charge on any atom is 0.0585 e. The molecule has 0 aromatic carbocycles. The molecule has 0 aromatic heterocycles. The van der Waals surface area contributed by atoms with Gasteiger partial charge in [-0.05, 0) is 49.4 Å². The topological polar surface area (TPSA) is 61.3 Å². The van der Waals surface area contributed by atoms with Gasteiger partial charge in [-0.15, -0.1) is 0 Å². The van der Waals surface area contributed by atoms with Crippen LogP contribution in [0.5, 0.6) is 0 Å². The summed E-state index contributed by atoms with van der Waals surface area (Å²) >= 11 is 0. The molecule has 3 heteroatoms. The first-order valence-corrected chi connectivity index (χ1v) is 10.2. The molecule has 2 aliphatic carbocycles. The van der Waals surface area contributed by atoms with E-state index in [0.29, 0.717) is 48.0 Å². The minimum absolute atomic E-state index is 0.372. The zero-order valence-corrected chi connectivity index (χ0v) is 15.8. The molecule has 0 amide bonds. The number of nitrogens with two attached hydrogens (primary N) is 2. The first kappa shape index (κ1) is 19.2. The van der Waals surface area contributed by atoms with E-state index >= 15 is 0 Å². The molecule has 0 bridgehead atoms. The minimum atomic E-state index is 0.372. The van der Waals surface area contributed by atoms with E-state index in [1.54, 1.807) is 0 Å². The van der Waals surface area contributed by atoms with Crippen LogP contribution in [0.1, 0.15) is 79.1 Å². The van der Waals surface area contributed by atoms with Crippen LogP contribution in [0.3, 0.4) is 0 Å². The van der Waals surface area contributed by atoms with Crippen LogP contribution in [0.25, 0.3) is 0 Å². The van der Waals surface area contributed by atoms with Crippen LogP contribution in [-0.4, -0.2) is 24.3 Å². The Morgan fingerprint density at radius 3 is 1.09 bits per heavy atom. The van der Waals surface area contributed by atoms with Crippen LogP contribution in [0, 0.1) is 23.7 Å². The Balaban J connectivity index is 1.97. The second kappa shape index (κ2) is 8.82. The highest BCUT2D eigenvalue weighted by molar-refractivity contribution is 4.92. The lowest BCUT2D eigenvalue weighted by molar-refractivity contribution is -0.0894. The Hall–Kier alpha value is -0.120. The third kappa shape index (κ3) is 4.49. The van der Waals surface area contributed by atoms with Crippen molar-refractivity contribution in [1.29, 1.82) is 0 Å². The highest BCUT2D eigenvalue weighted by Gasteiger charge is 2.38. The second-order valence-corrected chi connectivity index (χ2v) is 8.15. The van der Waals surface area contributed by atoms with E-state index < -0.39 is 0 Å². The molecule has 4 atom stereocenters. The molecular weight excluding hydrogens is 284 g/mol. The summed E-state index contributed by atoms with van der Waals surface area (Å²) in [6.07, 6.45) is 10.2. The first-order chi connectivity index (χ1) is 11.0. The van der Waals surface area contributed by atoms with Gasteiger partial charge in [-0.3, -0.25) is 0 Å². The van der Waals surface area contributed by atoms with E-state index in [2.05, 4.69) is 27.7 Å². The Bertz CT molecular complexity index is 289. The van der Waals surface area contributed by atoms with Crippen LogP contribution in [0.4, 0.5) is 0 Å². The van der Waals surface area contributed by atoms with Gasteiger partial charge in [0.05, 0.1) is 12.2 Å². The highest BCUT2D eigenvalue weighted by Crippen LogP contribution is 2.38. The smallest absolute Gasteiger partial charge is 0.0585 e. The molecule has 3 nitrogen and oxygen atoms in total. The van der Waals surface area contributed by atoms with E-state index in [0.717, 1.165) is 25.7 Å². The Kier molecular flexibility index (Phi) is 7.37. The lowest BCUT2D eigenvalue weighted by Crippen LogP contribution is -2.49. The molecule has 2 rings (SSSR count). The SMILES string of the molecule is CCC1CC(OC2CC(CC)C(N)C(CC)C2)CC(CC)C1N. The van der Waals surface area contributed by atoms with Crippen molar-refractivity contribution in [1.82, 2.24) is 0 Å². The Morgan fingerprint density at radius 2 is 0.870 bits per heavy atom. The average molecular weight is 325 g/mol. The fraction of sp³-hybridized carbons (Fsp3) is 1.00. The van der Waals surface area contributed by atoms with Crippen molar-refractivity contribution < 1.29 is 4.74 Å². The van der Waals surface area contributed by atoms with E-state index in [-0.39, 0.29) is 0 Å². The fourth-order valence-electron chi connectivity index (χ4n) is 5.19. The summed E-state index contributed by atoms with van der Waals surface area (Å²) < 4.78 is 6.65. The summed E-state index contributed by atoms with van der Waals surface area (Å²) in [6, 6.07) is 0.743. The molecule has 2 fully saturated rings. The van der Waals surface area contributed by atoms with Crippen molar-refractivity contribution in [3.8, 4) is 0 Å². The van der Waals surface area contributed by atoms with E-state index in [1.165, 1.54) is 25.7 Å². The zero-order chi connectivity index (χ0) is 17.0. The lowest BCUT2D eigenvalue weighted by Gasteiger charge is -2.44. The van der Waals surface area contributed by atoms with Crippen LogP contribution in [0.2, 0.25) is 0 Å². The number of hydrogen-bond acceptors (Lipinski definition) is 3. The van der Waals surface area contributed by atoms with E-state index in [1.807, 2.05) is 0 Å². The Morgan fingerprint density at radius 1 is 0.609 bits per heavy atom. The molecule has 2 saturated carbocycles. The zero-order valence-electron chi connectivity index (χ0n) is 15.8. The van der Waals surface area contributed by atoms with Gasteiger partial charge in [0.1, 0.15) is 0 Å². The molecule has 4 unspecified atom stereocenters. The summed E-state index contributed by atoms with van der Waals surface area (Å²) in [6.45, 7) is 9.11. The summed E-state index contributed by atoms with van der Waals surface area (Å²) in [5, 5.41) is 0. The van der Waals surface area contributed by atoms with Gasteiger partial charge in [-0.2, -0.15) is 0 Å². The van der Waals surface area contributed by atoms with Crippen LogP contribution in [-0.2, 0) is 4.74 Å². The summed E-state index contributed by atoms with van der Waals surface area (Å²) in [7, 11) is 0. The fourth-order valence-corrected chi connectivity index (χ4v) is 5.19. The standard InChI is InChI=1S/C20H40N2O/c1-5-13-9-17(10-14(6-2)19(13)21)23-18-11-15(7-3)20(22)16(8-4)12-18/h13-20H,5-12,21-22H2,1-4H3. The van der Waals surface area contributed by atoms with Gasteiger partial charge < -0.3 is 16.2 Å². The predicted octanol–water partition coefficient (Wildman–Crippen LogP) is 4.09.